The third kappa shape index (κ3) is 3.18. The monoisotopic (exact) mass is 223 g/mol. The Morgan fingerprint density at radius 1 is 1.53 bits per heavy atom. The van der Waals surface area contributed by atoms with Crippen LogP contribution in [-0.4, -0.2) is 17.8 Å². The molecular weight excluding hydrogens is 214 g/mol. The van der Waals surface area contributed by atoms with E-state index in [9.17, 15) is 10.1 Å². The van der Waals surface area contributed by atoms with E-state index in [0.717, 1.165) is 0 Å². The van der Waals surface area contributed by atoms with E-state index in [1.807, 2.05) is 0 Å². The largest absolute Gasteiger partial charge is 0.496 e. The molecule has 5 heteroatoms. The fourth-order valence-electron chi connectivity index (χ4n) is 1.02. The Kier molecular flexibility index (Phi) is 4.01. The Balaban J connectivity index is 3.17. The van der Waals surface area contributed by atoms with E-state index in [-0.39, 0.29) is 5.69 Å². The van der Waals surface area contributed by atoms with Gasteiger partial charge in [-0.3, -0.25) is 10.1 Å². The van der Waals surface area contributed by atoms with Gasteiger partial charge >= 0.3 is 0 Å². The van der Waals surface area contributed by atoms with Gasteiger partial charge in [-0.05, 0) is 6.07 Å². The van der Waals surface area contributed by atoms with Crippen LogP contribution in [-0.2, 0) is 0 Å². The highest BCUT2D eigenvalue weighted by Crippen LogP contribution is 2.21. The lowest BCUT2D eigenvalue weighted by atomic mass is 10.2. The number of non-ortho nitro benzene ring substituents is 1. The number of methoxy groups -OCH3 is 1. The SMILES string of the molecule is COc1cc(C#CCS)cc([N+](=O)[O-])c1. The van der Waals surface area contributed by atoms with E-state index in [1.165, 1.54) is 19.2 Å². The summed E-state index contributed by atoms with van der Waals surface area (Å²) in [4.78, 5) is 10.1. The molecule has 0 amide bonds. The molecule has 0 radical (unpaired) electrons. The molecule has 0 bridgehead atoms. The van der Waals surface area contributed by atoms with Crippen LogP contribution < -0.4 is 4.74 Å². The Morgan fingerprint density at radius 3 is 2.80 bits per heavy atom. The van der Waals surface area contributed by atoms with Crippen molar-refractivity contribution in [3.63, 3.8) is 0 Å². The minimum atomic E-state index is -0.478. The number of hydrogen-bond donors (Lipinski definition) is 1. The Hall–Kier alpha value is -1.67. The molecule has 0 aliphatic rings. The second-order valence-electron chi connectivity index (χ2n) is 2.64. The highest BCUT2D eigenvalue weighted by Gasteiger charge is 2.08. The van der Waals surface area contributed by atoms with Crippen LogP contribution >= 0.6 is 12.6 Å². The number of nitrogens with zero attached hydrogens (tertiary/aromatic N) is 1. The first-order chi connectivity index (χ1) is 7.17. The van der Waals surface area contributed by atoms with E-state index in [0.29, 0.717) is 17.1 Å². The van der Waals surface area contributed by atoms with Crippen molar-refractivity contribution in [2.24, 2.45) is 0 Å². The number of thiol groups is 1. The molecular formula is C10H9NO3S. The van der Waals surface area contributed by atoms with Crippen molar-refractivity contribution in [1.29, 1.82) is 0 Å². The fraction of sp³-hybridized carbons (Fsp3) is 0.200. The fourth-order valence-corrected chi connectivity index (χ4v) is 1.10. The molecule has 1 rings (SSSR count). The lowest BCUT2D eigenvalue weighted by Gasteiger charge is -2.00. The molecule has 0 atom stereocenters. The summed E-state index contributed by atoms with van der Waals surface area (Å²) >= 11 is 3.93. The van der Waals surface area contributed by atoms with Gasteiger partial charge in [-0.2, -0.15) is 12.6 Å². The van der Waals surface area contributed by atoms with Crippen molar-refractivity contribution in [2.75, 3.05) is 12.9 Å². The molecule has 0 heterocycles. The summed E-state index contributed by atoms with van der Waals surface area (Å²) in [5, 5.41) is 10.6. The van der Waals surface area contributed by atoms with Crippen LogP contribution in [0.15, 0.2) is 18.2 Å². The average Bonchev–Trinajstić information content (AvgIpc) is 2.25. The summed E-state index contributed by atoms with van der Waals surface area (Å²) in [6, 6.07) is 4.40. The van der Waals surface area contributed by atoms with Gasteiger partial charge in [-0.25, -0.2) is 0 Å². The van der Waals surface area contributed by atoms with Crippen LogP contribution in [0.4, 0.5) is 5.69 Å². The maximum Gasteiger partial charge on any atom is 0.274 e. The zero-order valence-corrected chi connectivity index (χ0v) is 8.95. The molecule has 1 aromatic carbocycles. The van der Waals surface area contributed by atoms with Gasteiger partial charge in [0.1, 0.15) is 5.75 Å². The summed E-state index contributed by atoms with van der Waals surface area (Å²) in [7, 11) is 1.45. The number of nitro groups is 1. The Morgan fingerprint density at radius 2 is 2.27 bits per heavy atom. The van der Waals surface area contributed by atoms with Crippen molar-refractivity contribution >= 4 is 18.3 Å². The molecule has 0 unspecified atom stereocenters. The quantitative estimate of drug-likeness (QED) is 0.360. The topological polar surface area (TPSA) is 52.4 Å². The third-order valence-electron chi connectivity index (χ3n) is 1.65. The summed E-state index contributed by atoms with van der Waals surface area (Å²) in [5.74, 6) is 6.30. The van der Waals surface area contributed by atoms with Crippen molar-refractivity contribution in [2.45, 2.75) is 0 Å². The first kappa shape index (κ1) is 11.4. The number of rotatable bonds is 2. The molecule has 4 nitrogen and oxygen atoms in total. The molecule has 0 spiro atoms. The summed E-state index contributed by atoms with van der Waals surface area (Å²) in [6.45, 7) is 0. The maximum atomic E-state index is 10.6. The van der Waals surface area contributed by atoms with E-state index < -0.39 is 4.92 Å². The number of hydrogen-bond acceptors (Lipinski definition) is 4. The van der Waals surface area contributed by atoms with Gasteiger partial charge in [0, 0.05) is 11.6 Å². The highest BCUT2D eigenvalue weighted by molar-refractivity contribution is 7.80. The predicted octanol–water partition coefficient (Wildman–Crippen LogP) is 1.88. The molecule has 0 fully saturated rings. The molecule has 0 saturated heterocycles. The van der Waals surface area contributed by atoms with Crippen LogP contribution in [0.25, 0.3) is 0 Å². The second kappa shape index (κ2) is 5.27. The van der Waals surface area contributed by atoms with Crippen molar-refractivity contribution in [3.8, 4) is 17.6 Å². The van der Waals surface area contributed by atoms with Gasteiger partial charge in [-0.15, -0.1) is 0 Å². The van der Waals surface area contributed by atoms with Crippen molar-refractivity contribution in [3.05, 3.63) is 33.9 Å². The van der Waals surface area contributed by atoms with E-state index in [4.69, 9.17) is 4.74 Å². The van der Waals surface area contributed by atoms with E-state index in [1.54, 1.807) is 6.07 Å². The molecule has 0 aliphatic carbocycles. The van der Waals surface area contributed by atoms with Gasteiger partial charge in [0.15, 0.2) is 0 Å². The van der Waals surface area contributed by atoms with Crippen molar-refractivity contribution < 1.29 is 9.66 Å². The lowest BCUT2D eigenvalue weighted by Crippen LogP contribution is -1.91. The van der Waals surface area contributed by atoms with Crippen LogP contribution in [0.5, 0.6) is 5.75 Å². The number of nitro benzene ring substituents is 1. The molecule has 0 N–H and O–H groups in total. The van der Waals surface area contributed by atoms with Crippen LogP contribution in [0.3, 0.4) is 0 Å². The van der Waals surface area contributed by atoms with Gasteiger partial charge in [0.25, 0.3) is 5.69 Å². The van der Waals surface area contributed by atoms with Gasteiger partial charge in [0.2, 0.25) is 0 Å². The van der Waals surface area contributed by atoms with Gasteiger partial charge < -0.3 is 4.74 Å². The average molecular weight is 223 g/mol. The Labute approximate surface area is 92.8 Å². The highest BCUT2D eigenvalue weighted by atomic mass is 32.1. The smallest absolute Gasteiger partial charge is 0.274 e. The van der Waals surface area contributed by atoms with E-state index in [2.05, 4.69) is 24.5 Å². The molecule has 15 heavy (non-hydrogen) atoms. The summed E-state index contributed by atoms with van der Waals surface area (Å²) < 4.78 is 4.93. The molecule has 78 valence electrons. The lowest BCUT2D eigenvalue weighted by molar-refractivity contribution is -0.384. The summed E-state index contributed by atoms with van der Waals surface area (Å²) in [6.07, 6.45) is 0. The van der Waals surface area contributed by atoms with Gasteiger partial charge in [0.05, 0.1) is 23.9 Å². The first-order valence-electron chi connectivity index (χ1n) is 4.10. The third-order valence-corrected chi connectivity index (χ3v) is 1.81. The predicted molar refractivity (Wildman–Crippen MR) is 60.4 cm³/mol. The number of ether oxygens (including phenoxy) is 1. The van der Waals surface area contributed by atoms with Gasteiger partial charge in [-0.1, -0.05) is 11.8 Å². The van der Waals surface area contributed by atoms with E-state index >= 15 is 0 Å². The second-order valence-corrected chi connectivity index (χ2v) is 2.95. The molecule has 1 aromatic rings. The standard InChI is InChI=1S/C10H9NO3S/c1-14-10-6-8(3-2-4-15)5-9(7-10)11(12)13/h5-7,15H,4H2,1H3. The molecule has 0 saturated carbocycles. The number of benzene rings is 1. The first-order valence-corrected chi connectivity index (χ1v) is 4.74. The zero-order valence-electron chi connectivity index (χ0n) is 8.06. The maximum absolute atomic E-state index is 10.6. The normalized spacial score (nSPS) is 8.93. The minimum Gasteiger partial charge on any atom is -0.496 e. The molecule has 0 aromatic heterocycles. The van der Waals surface area contributed by atoms with Crippen LogP contribution in [0.2, 0.25) is 0 Å². The zero-order chi connectivity index (χ0) is 11.3. The molecule has 0 aliphatic heterocycles. The van der Waals surface area contributed by atoms with Crippen LogP contribution in [0.1, 0.15) is 5.56 Å². The Bertz CT molecular complexity index is 434. The van der Waals surface area contributed by atoms with Crippen molar-refractivity contribution in [1.82, 2.24) is 0 Å². The summed E-state index contributed by atoms with van der Waals surface area (Å²) in [5.41, 5.74) is 0.521. The van der Waals surface area contributed by atoms with Crippen LogP contribution in [0, 0.1) is 22.0 Å². The minimum absolute atomic E-state index is 0.0298.